The molecule has 2 aromatic heterocycles. The van der Waals surface area contributed by atoms with Crippen LogP contribution in [0.15, 0.2) is 70.3 Å². The Balaban J connectivity index is 1.51. The van der Waals surface area contributed by atoms with E-state index in [9.17, 15) is 19.5 Å². The third kappa shape index (κ3) is 4.11. The summed E-state index contributed by atoms with van der Waals surface area (Å²) in [5, 5.41) is 12.0. The van der Waals surface area contributed by atoms with Gasteiger partial charge in [0.1, 0.15) is 5.82 Å². The average molecular weight is 577 g/mol. The van der Waals surface area contributed by atoms with Gasteiger partial charge in [-0.2, -0.15) is 0 Å². The number of fused-ring (bicyclic) bond motifs is 4. The predicted octanol–water partition coefficient (Wildman–Crippen LogP) is 5.63. The number of carbonyl (C=O) groups excluding carboxylic acids is 1. The highest BCUT2D eigenvalue weighted by molar-refractivity contribution is 6.20. The van der Waals surface area contributed by atoms with Crippen LogP contribution in [0.4, 0.5) is 4.39 Å². The predicted molar refractivity (Wildman–Crippen MR) is 165 cm³/mol. The lowest BCUT2D eigenvalue weighted by Gasteiger charge is -2.18. The number of benzene rings is 4. The number of aliphatic hydroxyl groups is 1. The second kappa shape index (κ2) is 9.24. The van der Waals surface area contributed by atoms with Crippen molar-refractivity contribution in [3.8, 4) is 16.8 Å². The van der Waals surface area contributed by atoms with Crippen molar-refractivity contribution in [2.45, 2.75) is 45.1 Å². The molecular formula is C34H29FN4O4. The zero-order valence-electron chi connectivity index (χ0n) is 23.8. The molecule has 8 nitrogen and oxygen atoms in total. The summed E-state index contributed by atoms with van der Waals surface area (Å²) in [6.45, 7) is 5.06. The molecule has 2 heterocycles. The van der Waals surface area contributed by atoms with Crippen LogP contribution in [0.25, 0.3) is 49.5 Å². The molecule has 0 unspecified atom stereocenters. The Morgan fingerprint density at radius 3 is 2.44 bits per heavy atom. The summed E-state index contributed by atoms with van der Waals surface area (Å²) in [6, 6.07) is 16.9. The minimum atomic E-state index is -1.13. The van der Waals surface area contributed by atoms with E-state index in [1.165, 1.54) is 0 Å². The zero-order chi connectivity index (χ0) is 30.4. The number of halogens is 1. The SMILES string of the molecule is Cc1c(-c2c(F)cc(C(N)=O)c3[nH]c4cc(C(C)(C)O)ccc4c23)cccc1-n1c(=O)[nH]c2c(C3CC3)cccc2c1=O. The van der Waals surface area contributed by atoms with Crippen molar-refractivity contribution in [3.63, 3.8) is 0 Å². The number of H-pyrrole nitrogens is 2. The number of rotatable bonds is 5. The molecule has 0 saturated heterocycles. The standard InChI is InChI=1S/C34H29FN4O4/c1-16-19(6-5-9-26(16)39-32(41)22-8-4-7-20(17-10-11-17)29(22)38-33(39)42)27-24(35)15-23(31(36)40)30-28(27)21-13-12-18(34(2,3)43)14-25(21)37-30/h4-9,12-15,17,37,43H,10-11H2,1-3H3,(H2,36,40)(H,38,42). The summed E-state index contributed by atoms with van der Waals surface area (Å²) >= 11 is 0. The largest absolute Gasteiger partial charge is 0.386 e. The van der Waals surface area contributed by atoms with E-state index in [1.54, 1.807) is 63.2 Å². The van der Waals surface area contributed by atoms with Crippen LogP contribution in [0.1, 0.15) is 59.7 Å². The molecule has 0 radical (unpaired) electrons. The molecule has 1 aliphatic carbocycles. The van der Waals surface area contributed by atoms with Gasteiger partial charge in [0.15, 0.2) is 0 Å². The topological polar surface area (TPSA) is 134 Å². The molecule has 6 aromatic rings. The van der Waals surface area contributed by atoms with Gasteiger partial charge in [-0.05, 0) is 86.1 Å². The van der Waals surface area contributed by atoms with Gasteiger partial charge in [0.05, 0.1) is 33.3 Å². The smallest absolute Gasteiger partial charge is 0.333 e. The molecule has 4 aromatic carbocycles. The van der Waals surface area contributed by atoms with Crippen LogP contribution in [0.3, 0.4) is 0 Å². The van der Waals surface area contributed by atoms with Gasteiger partial charge in [0.25, 0.3) is 11.5 Å². The highest BCUT2D eigenvalue weighted by atomic mass is 19.1. The number of para-hydroxylation sites is 1. The molecule has 0 spiro atoms. The minimum absolute atomic E-state index is 0.0141. The third-order valence-electron chi connectivity index (χ3n) is 8.60. The molecule has 43 heavy (non-hydrogen) atoms. The van der Waals surface area contributed by atoms with Gasteiger partial charge < -0.3 is 20.8 Å². The number of nitrogens with one attached hydrogen (secondary N) is 2. The van der Waals surface area contributed by atoms with Crippen LogP contribution in [0.5, 0.6) is 0 Å². The van der Waals surface area contributed by atoms with Gasteiger partial charge in [0.2, 0.25) is 0 Å². The Morgan fingerprint density at radius 2 is 1.74 bits per heavy atom. The Hall–Kier alpha value is -5.02. The number of primary amides is 1. The fourth-order valence-corrected chi connectivity index (χ4v) is 6.24. The van der Waals surface area contributed by atoms with Crippen LogP contribution >= 0.6 is 0 Å². The molecule has 0 aliphatic heterocycles. The lowest BCUT2D eigenvalue weighted by atomic mass is 9.91. The van der Waals surface area contributed by atoms with E-state index >= 15 is 4.39 Å². The van der Waals surface area contributed by atoms with Gasteiger partial charge in [-0.25, -0.2) is 13.8 Å². The van der Waals surface area contributed by atoms with Crippen LogP contribution in [-0.2, 0) is 5.60 Å². The van der Waals surface area contributed by atoms with Crippen LogP contribution in [0.2, 0.25) is 0 Å². The summed E-state index contributed by atoms with van der Waals surface area (Å²) in [6.07, 6.45) is 2.04. The van der Waals surface area contributed by atoms with Crippen LogP contribution < -0.4 is 17.0 Å². The maximum Gasteiger partial charge on any atom is 0.333 e. The van der Waals surface area contributed by atoms with Crippen molar-refractivity contribution < 1.29 is 14.3 Å². The fourth-order valence-electron chi connectivity index (χ4n) is 6.24. The zero-order valence-corrected chi connectivity index (χ0v) is 23.8. The lowest BCUT2D eigenvalue weighted by Crippen LogP contribution is -2.34. The third-order valence-corrected chi connectivity index (χ3v) is 8.60. The van der Waals surface area contributed by atoms with E-state index in [1.807, 2.05) is 12.1 Å². The van der Waals surface area contributed by atoms with Crippen molar-refractivity contribution in [2.24, 2.45) is 5.73 Å². The summed E-state index contributed by atoms with van der Waals surface area (Å²) < 4.78 is 17.2. The van der Waals surface area contributed by atoms with E-state index in [0.717, 1.165) is 29.0 Å². The Morgan fingerprint density at radius 1 is 1.00 bits per heavy atom. The molecule has 216 valence electrons. The molecule has 5 N–H and O–H groups in total. The average Bonchev–Trinajstić information content (AvgIpc) is 3.73. The van der Waals surface area contributed by atoms with Crippen LogP contribution in [-0.4, -0.2) is 25.5 Å². The summed E-state index contributed by atoms with van der Waals surface area (Å²) in [4.78, 5) is 45.8. The van der Waals surface area contributed by atoms with E-state index in [4.69, 9.17) is 5.73 Å². The molecule has 0 atom stereocenters. The Bertz CT molecular complexity index is 2280. The lowest BCUT2D eigenvalue weighted by molar-refractivity contribution is 0.0787. The highest BCUT2D eigenvalue weighted by Crippen LogP contribution is 2.43. The first-order chi connectivity index (χ1) is 20.5. The van der Waals surface area contributed by atoms with Gasteiger partial charge in [-0.1, -0.05) is 36.4 Å². The van der Waals surface area contributed by atoms with Gasteiger partial charge in [0, 0.05) is 21.9 Å². The monoisotopic (exact) mass is 576 g/mol. The van der Waals surface area contributed by atoms with E-state index in [-0.39, 0.29) is 11.1 Å². The van der Waals surface area contributed by atoms with Crippen molar-refractivity contribution in [2.75, 3.05) is 0 Å². The summed E-state index contributed by atoms with van der Waals surface area (Å²) in [7, 11) is 0. The number of nitrogens with zero attached hydrogens (tertiary/aromatic N) is 1. The van der Waals surface area contributed by atoms with Gasteiger partial charge >= 0.3 is 5.69 Å². The quantitative estimate of drug-likeness (QED) is 0.212. The fraction of sp³-hybridized carbons (Fsp3) is 0.206. The molecule has 1 amide bonds. The van der Waals surface area contributed by atoms with Gasteiger partial charge in [-0.3, -0.25) is 9.59 Å². The first kappa shape index (κ1) is 26.9. The molecule has 0 bridgehead atoms. The molecule has 9 heteroatoms. The van der Waals surface area contributed by atoms with Crippen LogP contribution in [0, 0.1) is 12.7 Å². The second-order valence-electron chi connectivity index (χ2n) is 11.9. The van der Waals surface area contributed by atoms with E-state index in [2.05, 4.69) is 9.97 Å². The number of aromatic amines is 2. The number of hydrogen-bond acceptors (Lipinski definition) is 4. The van der Waals surface area contributed by atoms with E-state index in [0.29, 0.717) is 61.0 Å². The molecule has 1 aliphatic rings. The maximum absolute atomic E-state index is 16.1. The minimum Gasteiger partial charge on any atom is -0.386 e. The molecule has 1 saturated carbocycles. The van der Waals surface area contributed by atoms with Crippen molar-refractivity contribution in [1.82, 2.24) is 14.5 Å². The number of carbonyl (C=O) groups is 1. The number of hydrogen-bond donors (Lipinski definition) is 4. The number of amides is 1. The van der Waals surface area contributed by atoms with Gasteiger partial charge in [-0.15, -0.1) is 0 Å². The Kier molecular flexibility index (Phi) is 5.77. The highest BCUT2D eigenvalue weighted by Gasteiger charge is 2.28. The normalized spacial score (nSPS) is 13.8. The second-order valence-corrected chi connectivity index (χ2v) is 11.9. The summed E-state index contributed by atoms with van der Waals surface area (Å²) in [5.74, 6) is -1.14. The van der Waals surface area contributed by atoms with Crippen molar-refractivity contribution in [3.05, 3.63) is 110 Å². The maximum atomic E-state index is 16.1. The van der Waals surface area contributed by atoms with E-state index < -0.39 is 28.6 Å². The first-order valence-corrected chi connectivity index (χ1v) is 14.1. The number of aromatic nitrogens is 3. The first-order valence-electron chi connectivity index (χ1n) is 14.1. The van der Waals surface area contributed by atoms with Crippen molar-refractivity contribution in [1.29, 1.82) is 0 Å². The van der Waals surface area contributed by atoms with Crippen molar-refractivity contribution >= 4 is 38.6 Å². The number of nitrogens with two attached hydrogens (primary N) is 1. The molecule has 1 fully saturated rings. The summed E-state index contributed by atoms with van der Waals surface area (Å²) in [5.41, 5.74) is 8.05. The Labute approximate surface area is 244 Å². The molecular weight excluding hydrogens is 547 g/mol. The molecule has 7 rings (SSSR count).